The van der Waals surface area contributed by atoms with Crippen LogP contribution < -0.4 is 0 Å². The average molecular weight is 392 g/mol. The van der Waals surface area contributed by atoms with Gasteiger partial charge in [-0.1, -0.05) is 43.3 Å². The molecule has 0 aromatic heterocycles. The molecule has 2 saturated heterocycles. The SMILES string of the molecule is CCc1ccccc1-c1ccc(C(=O)N2CCN(C(=O)[C@@H]3CCCO3)CC2)cc1. The monoisotopic (exact) mass is 392 g/mol. The predicted octanol–water partition coefficient (Wildman–Crippen LogP) is 3.38. The number of hydrogen-bond donors (Lipinski definition) is 0. The molecule has 2 fully saturated rings. The van der Waals surface area contributed by atoms with Gasteiger partial charge < -0.3 is 14.5 Å². The summed E-state index contributed by atoms with van der Waals surface area (Å²) in [6.07, 6.45) is 2.46. The molecule has 0 saturated carbocycles. The minimum atomic E-state index is -0.282. The van der Waals surface area contributed by atoms with Crippen molar-refractivity contribution in [2.24, 2.45) is 0 Å². The van der Waals surface area contributed by atoms with Crippen LogP contribution in [0.1, 0.15) is 35.7 Å². The lowest BCUT2D eigenvalue weighted by atomic mass is 9.97. The predicted molar refractivity (Wildman–Crippen MR) is 113 cm³/mol. The maximum atomic E-state index is 12.9. The average Bonchev–Trinajstić information content (AvgIpc) is 3.33. The van der Waals surface area contributed by atoms with Gasteiger partial charge in [0.2, 0.25) is 0 Å². The second-order valence-electron chi connectivity index (χ2n) is 7.71. The van der Waals surface area contributed by atoms with Crippen LogP contribution in [0, 0.1) is 0 Å². The van der Waals surface area contributed by atoms with Crippen LogP contribution in [0.2, 0.25) is 0 Å². The van der Waals surface area contributed by atoms with Gasteiger partial charge in [0.25, 0.3) is 11.8 Å². The first-order valence-electron chi connectivity index (χ1n) is 10.6. The number of piperazine rings is 1. The molecule has 2 aromatic carbocycles. The zero-order chi connectivity index (χ0) is 20.2. The van der Waals surface area contributed by atoms with E-state index in [0.717, 1.165) is 24.8 Å². The highest BCUT2D eigenvalue weighted by Crippen LogP contribution is 2.25. The molecule has 0 bridgehead atoms. The van der Waals surface area contributed by atoms with Gasteiger partial charge in [0.1, 0.15) is 6.10 Å². The molecule has 2 aliphatic heterocycles. The minimum absolute atomic E-state index is 0.0320. The Morgan fingerprint density at radius 3 is 2.31 bits per heavy atom. The Morgan fingerprint density at radius 2 is 1.66 bits per heavy atom. The lowest BCUT2D eigenvalue weighted by Gasteiger charge is -2.35. The third-order valence-electron chi connectivity index (χ3n) is 5.92. The molecule has 152 valence electrons. The van der Waals surface area contributed by atoms with Gasteiger partial charge in [0, 0.05) is 38.3 Å². The van der Waals surface area contributed by atoms with Gasteiger partial charge in [-0.2, -0.15) is 0 Å². The first kappa shape index (κ1) is 19.6. The number of carbonyl (C=O) groups is 2. The minimum Gasteiger partial charge on any atom is -0.368 e. The fourth-order valence-corrected chi connectivity index (χ4v) is 4.19. The summed E-state index contributed by atoms with van der Waals surface area (Å²) >= 11 is 0. The van der Waals surface area contributed by atoms with Crippen molar-refractivity contribution in [3.8, 4) is 11.1 Å². The molecule has 4 rings (SSSR count). The summed E-state index contributed by atoms with van der Waals surface area (Å²) in [7, 11) is 0. The van der Waals surface area contributed by atoms with Crippen molar-refractivity contribution in [1.82, 2.24) is 9.80 Å². The number of carbonyl (C=O) groups excluding carboxylic acids is 2. The molecule has 0 radical (unpaired) electrons. The molecule has 5 nitrogen and oxygen atoms in total. The second-order valence-corrected chi connectivity index (χ2v) is 7.71. The Hall–Kier alpha value is -2.66. The maximum Gasteiger partial charge on any atom is 0.253 e. The van der Waals surface area contributed by atoms with E-state index in [2.05, 4.69) is 25.1 Å². The molecule has 29 heavy (non-hydrogen) atoms. The number of nitrogens with zero attached hydrogens (tertiary/aromatic N) is 2. The van der Waals surface area contributed by atoms with Gasteiger partial charge in [-0.3, -0.25) is 9.59 Å². The molecule has 2 aromatic rings. The Morgan fingerprint density at radius 1 is 0.966 bits per heavy atom. The van der Waals surface area contributed by atoms with E-state index in [1.165, 1.54) is 11.1 Å². The molecule has 0 unspecified atom stereocenters. The highest BCUT2D eigenvalue weighted by molar-refractivity contribution is 5.95. The van der Waals surface area contributed by atoms with E-state index in [-0.39, 0.29) is 17.9 Å². The number of benzene rings is 2. The first-order valence-corrected chi connectivity index (χ1v) is 10.6. The van der Waals surface area contributed by atoms with Crippen LogP contribution in [0.15, 0.2) is 48.5 Å². The molecule has 0 N–H and O–H groups in total. The number of aryl methyl sites for hydroxylation is 1. The van der Waals surface area contributed by atoms with Crippen molar-refractivity contribution in [2.45, 2.75) is 32.3 Å². The van der Waals surface area contributed by atoms with Crippen molar-refractivity contribution in [2.75, 3.05) is 32.8 Å². The Labute approximate surface area is 172 Å². The van der Waals surface area contributed by atoms with Gasteiger partial charge in [0.15, 0.2) is 0 Å². The molecule has 0 aliphatic carbocycles. The summed E-state index contributed by atoms with van der Waals surface area (Å²) in [6.45, 7) is 5.11. The second kappa shape index (κ2) is 8.78. The molecule has 2 heterocycles. The van der Waals surface area contributed by atoms with E-state index < -0.39 is 0 Å². The van der Waals surface area contributed by atoms with Crippen molar-refractivity contribution >= 4 is 11.8 Å². The molecule has 5 heteroatoms. The van der Waals surface area contributed by atoms with Crippen molar-refractivity contribution < 1.29 is 14.3 Å². The normalized spacial score (nSPS) is 19.4. The van der Waals surface area contributed by atoms with Gasteiger partial charge in [-0.25, -0.2) is 0 Å². The van der Waals surface area contributed by atoms with E-state index in [9.17, 15) is 9.59 Å². The summed E-state index contributed by atoms with van der Waals surface area (Å²) in [5.41, 5.74) is 4.35. The maximum absolute atomic E-state index is 12.9. The fourth-order valence-electron chi connectivity index (χ4n) is 4.19. The number of ether oxygens (including phenoxy) is 1. The van der Waals surface area contributed by atoms with Crippen LogP contribution >= 0.6 is 0 Å². The summed E-state index contributed by atoms with van der Waals surface area (Å²) in [5, 5.41) is 0. The first-order chi connectivity index (χ1) is 14.2. The molecule has 1 atom stereocenters. The van der Waals surface area contributed by atoms with E-state index >= 15 is 0 Å². The van der Waals surface area contributed by atoms with Crippen LogP contribution in [0.25, 0.3) is 11.1 Å². The van der Waals surface area contributed by atoms with Crippen LogP contribution in [0.3, 0.4) is 0 Å². The fraction of sp³-hybridized carbons (Fsp3) is 0.417. The van der Waals surface area contributed by atoms with Crippen molar-refractivity contribution in [3.05, 3.63) is 59.7 Å². The van der Waals surface area contributed by atoms with Crippen LogP contribution in [0.5, 0.6) is 0 Å². The topological polar surface area (TPSA) is 49.9 Å². The molecular weight excluding hydrogens is 364 g/mol. The summed E-state index contributed by atoms with van der Waals surface area (Å²) in [6, 6.07) is 16.3. The third-order valence-corrected chi connectivity index (χ3v) is 5.92. The Kier molecular flexibility index (Phi) is 5.95. The summed E-state index contributed by atoms with van der Waals surface area (Å²) in [4.78, 5) is 29.0. The number of amides is 2. The van der Waals surface area contributed by atoms with E-state index in [4.69, 9.17) is 4.74 Å². The summed E-state index contributed by atoms with van der Waals surface area (Å²) < 4.78 is 5.50. The number of rotatable bonds is 4. The molecule has 0 spiro atoms. The zero-order valence-corrected chi connectivity index (χ0v) is 17.0. The van der Waals surface area contributed by atoms with E-state index in [1.54, 1.807) is 0 Å². The standard InChI is InChI=1S/C24H28N2O3/c1-2-18-6-3-4-7-21(18)19-9-11-20(12-10-19)23(27)25-13-15-26(16-14-25)24(28)22-8-5-17-29-22/h3-4,6-7,9-12,22H,2,5,8,13-17H2,1H3/t22-/m0/s1. The van der Waals surface area contributed by atoms with Crippen LogP contribution in [0.4, 0.5) is 0 Å². The smallest absolute Gasteiger partial charge is 0.253 e. The van der Waals surface area contributed by atoms with Crippen LogP contribution in [-0.2, 0) is 16.0 Å². The zero-order valence-electron chi connectivity index (χ0n) is 17.0. The van der Waals surface area contributed by atoms with Gasteiger partial charge in [-0.05, 0) is 48.1 Å². The lowest BCUT2D eigenvalue weighted by molar-refractivity contribution is -0.142. The largest absolute Gasteiger partial charge is 0.368 e. The van der Waals surface area contributed by atoms with E-state index in [1.807, 2.05) is 40.1 Å². The molecular formula is C24H28N2O3. The van der Waals surface area contributed by atoms with Crippen molar-refractivity contribution in [1.29, 1.82) is 0 Å². The molecule has 2 amide bonds. The Balaban J connectivity index is 1.38. The van der Waals surface area contributed by atoms with Crippen molar-refractivity contribution in [3.63, 3.8) is 0 Å². The third kappa shape index (κ3) is 4.20. The quantitative estimate of drug-likeness (QED) is 0.802. The van der Waals surface area contributed by atoms with Gasteiger partial charge in [-0.15, -0.1) is 0 Å². The Bertz CT molecular complexity index is 864. The van der Waals surface area contributed by atoms with Gasteiger partial charge >= 0.3 is 0 Å². The van der Waals surface area contributed by atoms with E-state index in [0.29, 0.717) is 38.3 Å². The van der Waals surface area contributed by atoms with Crippen LogP contribution in [-0.4, -0.2) is 60.5 Å². The summed E-state index contributed by atoms with van der Waals surface area (Å²) in [5.74, 6) is 0.109. The highest BCUT2D eigenvalue weighted by Gasteiger charge is 2.31. The lowest BCUT2D eigenvalue weighted by Crippen LogP contribution is -2.52. The molecule has 2 aliphatic rings. The number of hydrogen-bond acceptors (Lipinski definition) is 3. The highest BCUT2D eigenvalue weighted by atomic mass is 16.5. The van der Waals surface area contributed by atoms with Gasteiger partial charge in [0.05, 0.1) is 0 Å².